The van der Waals surface area contributed by atoms with E-state index in [9.17, 15) is 4.79 Å². The molecule has 2 heteroatoms. The fraction of sp³-hybridized carbons (Fsp3) is 0.211. The molecule has 0 aromatic heterocycles. The van der Waals surface area contributed by atoms with Gasteiger partial charge in [0.25, 0.3) is 0 Å². The summed E-state index contributed by atoms with van der Waals surface area (Å²) in [5.74, 6) is 0.0319. The van der Waals surface area contributed by atoms with Crippen molar-refractivity contribution in [1.82, 2.24) is 0 Å². The first-order valence-electron chi connectivity index (χ1n) is 7.18. The quantitative estimate of drug-likeness (QED) is 0.590. The number of ether oxygens (including phenoxy) is 1. The molecule has 0 atom stereocenters. The number of benzene rings is 2. The Balaban J connectivity index is 0.000000383. The molecular weight excluding hydrogens is 260 g/mol. The van der Waals surface area contributed by atoms with Crippen LogP contribution < -0.4 is 0 Å². The van der Waals surface area contributed by atoms with Crippen molar-refractivity contribution in [3.05, 3.63) is 77.9 Å². The summed E-state index contributed by atoms with van der Waals surface area (Å²) < 4.78 is 4.83. The number of ketones is 1. The van der Waals surface area contributed by atoms with Gasteiger partial charge in [-0.2, -0.15) is 0 Å². The third-order valence-corrected chi connectivity index (χ3v) is 2.69. The van der Waals surface area contributed by atoms with E-state index in [1.54, 1.807) is 6.08 Å². The topological polar surface area (TPSA) is 26.3 Å². The van der Waals surface area contributed by atoms with Crippen LogP contribution in [0, 0.1) is 0 Å². The van der Waals surface area contributed by atoms with Crippen molar-refractivity contribution in [3.63, 3.8) is 0 Å². The summed E-state index contributed by atoms with van der Waals surface area (Å²) >= 11 is 0. The van der Waals surface area contributed by atoms with Crippen LogP contribution in [-0.4, -0.2) is 19.0 Å². The van der Waals surface area contributed by atoms with E-state index in [-0.39, 0.29) is 5.78 Å². The second kappa shape index (κ2) is 10.6. The molecule has 0 saturated heterocycles. The highest BCUT2D eigenvalue weighted by molar-refractivity contribution is 6.06. The van der Waals surface area contributed by atoms with Gasteiger partial charge in [0.2, 0.25) is 0 Å². The van der Waals surface area contributed by atoms with Gasteiger partial charge < -0.3 is 4.74 Å². The van der Waals surface area contributed by atoms with Gasteiger partial charge in [-0.1, -0.05) is 66.7 Å². The number of carbonyl (C=O) groups is 1. The molecule has 2 aromatic rings. The number of hydrogen-bond donors (Lipinski definition) is 0. The Hall–Kier alpha value is -2.19. The zero-order chi connectivity index (χ0) is 15.3. The average Bonchev–Trinajstić information content (AvgIpc) is 2.56. The lowest BCUT2D eigenvalue weighted by atomic mass is 10.1. The molecule has 0 bridgehead atoms. The van der Waals surface area contributed by atoms with Crippen molar-refractivity contribution in [2.75, 3.05) is 13.2 Å². The summed E-state index contributed by atoms with van der Waals surface area (Å²) in [5.41, 5.74) is 1.75. The van der Waals surface area contributed by atoms with Gasteiger partial charge in [-0.25, -0.2) is 0 Å². The summed E-state index contributed by atoms with van der Waals surface area (Å²) in [5, 5.41) is 0. The maximum absolute atomic E-state index is 11.7. The van der Waals surface area contributed by atoms with E-state index in [1.165, 1.54) is 0 Å². The Morgan fingerprint density at radius 2 is 1.43 bits per heavy atom. The molecule has 0 saturated carbocycles. The first-order chi connectivity index (χ1) is 10.3. The van der Waals surface area contributed by atoms with Crippen molar-refractivity contribution in [2.45, 2.75) is 13.8 Å². The highest BCUT2D eigenvalue weighted by atomic mass is 16.5. The van der Waals surface area contributed by atoms with E-state index >= 15 is 0 Å². The van der Waals surface area contributed by atoms with Crippen molar-refractivity contribution in [3.8, 4) is 0 Å². The van der Waals surface area contributed by atoms with Crippen molar-refractivity contribution < 1.29 is 9.53 Å². The minimum Gasteiger partial charge on any atom is -0.382 e. The Morgan fingerprint density at radius 1 is 0.905 bits per heavy atom. The molecule has 0 fully saturated rings. The number of hydrogen-bond acceptors (Lipinski definition) is 2. The van der Waals surface area contributed by atoms with Gasteiger partial charge in [0, 0.05) is 18.8 Å². The van der Waals surface area contributed by atoms with Gasteiger partial charge in [0.15, 0.2) is 5.78 Å². The molecule has 0 aliphatic heterocycles. The van der Waals surface area contributed by atoms with Crippen LogP contribution in [0.1, 0.15) is 29.8 Å². The minimum absolute atomic E-state index is 0.0319. The largest absolute Gasteiger partial charge is 0.382 e. The average molecular weight is 282 g/mol. The Kier molecular flexibility index (Phi) is 8.50. The predicted octanol–water partition coefficient (Wildman–Crippen LogP) is 4.63. The maximum atomic E-state index is 11.7. The lowest BCUT2D eigenvalue weighted by Crippen LogP contribution is -1.92. The van der Waals surface area contributed by atoms with E-state index in [0.29, 0.717) is 0 Å². The number of rotatable bonds is 5. The first kappa shape index (κ1) is 16.9. The van der Waals surface area contributed by atoms with Crippen LogP contribution in [0.15, 0.2) is 66.7 Å². The monoisotopic (exact) mass is 282 g/mol. The number of carbonyl (C=O) groups excluding carboxylic acids is 1. The molecule has 110 valence electrons. The molecule has 0 N–H and O–H groups in total. The van der Waals surface area contributed by atoms with Crippen LogP contribution in [0.5, 0.6) is 0 Å². The second-order valence-electron chi connectivity index (χ2n) is 4.26. The van der Waals surface area contributed by atoms with Crippen LogP contribution >= 0.6 is 0 Å². The summed E-state index contributed by atoms with van der Waals surface area (Å²) in [6.45, 7) is 5.67. The summed E-state index contributed by atoms with van der Waals surface area (Å²) in [7, 11) is 0. The third kappa shape index (κ3) is 7.23. The highest BCUT2D eigenvalue weighted by Crippen LogP contribution is 2.05. The Morgan fingerprint density at radius 3 is 1.90 bits per heavy atom. The van der Waals surface area contributed by atoms with E-state index in [2.05, 4.69) is 0 Å². The summed E-state index contributed by atoms with van der Waals surface area (Å²) in [6.07, 6.45) is 3.43. The molecule has 0 unspecified atom stereocenters. The molecule has 0 spiro atoms. The van der Waals surface area contributed by atoms with E-state index in [1.807, 2.05) is 80.6 Å². The fourth-order valence-electron chi connectivity index (χ4n) is 1.64. The van der Waals surface area contributed by atoms with Crippen molar-refractivity contribution in [1.29, 1.82) is 0 Å². The van der Waals surface area contributed by atoms with Crippen LogP contribution in [-0.2, 0) is 4.74 Å². The molecule has 0 heterocycles. The molecular formula is C19H22O2. The summed E-state index contributed by atoms with van der Waals surface area (Å²) in [4.78, 5) is 11.7. The van der Waals surface area contributed by atoms with Gasteiger partial charge in [0.1, 0.15) is 0 Å². The molecule has 2 rings (SSSR count). The van der Waals surface area contributed by atoms with Crippen LogP contribution in [0.3, 0.4) is 0 Å². The molecule has 0 aliphatic carbocycles. The molecule has 21 heavy (non-hydrogen) atoms. The minimum atomic E-state index is 0.0319. The standard InChI is InChI=1S/C15H12O.C4H10O/c16-15(14-9-5-2-6-10-14)12-11-13-7-3-1-4-8-13;1-3-5-4-2/h1-12H;3-4H2,1-2H3. The van der Waals surface area contributed by atoms with Crippen LogP contribution in [0.2, 0.25) is 0 Å². The fourth-order valence-corrected chi connectivity index (χ4v) is 1.64. The lowest BCUT2D eigenvalue weighted by molar-refractivity contribution is 0.104. The Labute approximate surface area is 127 Å². The Bertz CT molecular complexity index is 528. The van der Waals surface area contributed by atoms with Gasteiger partial charge in [-0.05, 0) is 25.5 Å². The van der Waals surface area contributed by atoms with Crippen LogP contribution in [0.25, 0.3) is 6.08 Å². The lowest BCUT2D eigenvalue weighted by Gasteiger charge is -1.94. The predicted molar refractivity (Wildman–Crippen MR) is 88.4 cm³/mol. The molecule has 2 aromatic carbocycles. The maximum Gasteiger partial charge on any atom is 0.185 e. The third-order valence-electron chi connectivity index (χ3n) is 2.69. The van der Waals surface area contributed by atoms with Gasteiger partial charge in [0.05, 0.1) is 0 Å². The van der Waals surface area contributed by atoms with E-state index in [4.69, 9.17) is 4.74 Å². The van der Waals surface area contributed by atoms with Gasteiger partial charge >= 0.3 is 0 Å². The zero-order valence-corrected chi connectivity index (χ0v) is 12.7. The summed E-state index contributed by atoms with van der Waals surface area (Å²) in [6, 6.07) is 19.1. The smallest absolute Gasteiger partial charge is 0.185 e. The number of allylic oxidation sites excluding steroid dienone is 1. The second-order valence-corrected chi connectivity index (χ2v) is 4.26. The van der Waals surface area contributed by atoms with Gasteiger partial charge in [-0.15, -0.1) is 0 Å². The van der Waals surface area contributed by atoms with E-state index in [0.717, 1.165) is 24.3 Å². The molecule has 0 aliphatic rings. The molecule has 2 nitrogen and oxygen atoms in total. The normalized spacial score (nSPS) is 10.0. The van der Waals surface area contributed by atoms with Crippen LogP contribution in [0.4, 0.5) is 0 Å². The molecule has 0 radical (unpaired) electrons. The van der Waals surface area contributed by atoms with E-state index < -0.39 is 0 Å². The molecule has 0 amide bonds. The zero-order valence-electron chi connectivity index (χ0n) is 12.7. The highest BCUT2D eigenvalue weighted by Gasteiger charge is 1.98. The van der Waals surface area contributed by atoms with Crippen molar-refractivity contribution >= 4 is 11.9 Å². The first-order valence-corrected chi connectivity index (χ1v) is 7.18. The van der Waals surface area contributed by atoms with Crippen molar-refractivity contribution in [2.24, 2.45) is 0 Å². The SMILES string of the molecule is CCOCC.O=C(C=Cc1ccccc1)c1ccccc1. The van der Waals surface area contributed by atoms with Gasteiger partial charge in [-0.3, -0.25) is 4.79 Å².